The minimum atomic E-state index is -2.63. The van der Waals surface area contributed by atoms with Crippen LogP contribution in [0.1, 0.15) is 77.6 Å². The number of cyclic esters (lactones) is 1. The van der Waals surface area contributed by atoms with Gasteiger partial charge in [0.15, 0.2) is 0 Å². The van der Waals surface area contributed by atoms with Crippen molar-refractivity contribution >= 4 is 23.2 Å². The summed E-state index contributed by atoms with van der Waals surface area (Å²) in [6.45, 7) is 1.71. The van der Waals surface area contributed by atoms with Crippen LogP contribution in [0.25, 0.3) is 0 Å². The summed E-state index contributed by atoms with van der Waals surface area (Å²) in [4.78, 5) is 23.7. The van der Waals surface area contributed by atoms with Gasteiger partial charge in [-0.05, 0) is 12.8 Å². The predicted molar refractivity (Wildman–Crippen MR) is 114 cm³/mol. The molecule has 1 aliphatic heterocycles. The number of hydrogen-bond donors (Lipinski definition) is 2. The third kappa shape index (κ3) is 11.7. The second-order valence-electron chi connectivity index (χ2n) is 7.67. The molecule has 0 aromatic heterocycles. The van der Waals surface area contributed by atoms with E-state index in [9.17, 15) is 23.5 Å². The fourth-order valence-corrected chi connectivity index (χ4v) is 3.87. The molecule has 180 valence electrons. The Morgan fingerprint density at radius 1 is 1.19 bits per heavy atom. The van der Waals surface area contributed by atoms with Gasteiger partial charge in [0.05, 0.1) is 6.54 Å². The molecule has 0 spiro atoms. The Morgan fingerprint density at radius 3 is 2.32 bits per heavy atom. The molecule has 3 atom stereocenters. The monoisotopic (exact) mass is 462 g/mol. The molecule has 1 rings (SSSR count). The molecule has 0 aromatic rings. The number of esters is 2. The second-order valence-corrected chi connectivity index (χ2v) is 8.62. The topological polar surface area (TPSA) is 136 Å². The van der Waals surface area contributed by atoms with E-state index in [-0.39, 0.29) is 38.1 Å². The first-order chi connectivity index (χ1) is 14.9. The first kappa shape index (κ1) is 27.7. The zero-order valence-corrected chi connectivity index (χ0v) is 19.1. The van der Waals surface area contributed by atoms with E-state index >= 15 is 0 Å². The van der Waals surface area contributed by atoms with Crippen LogP contribution < -0.4 is 0 Å². The quantitative estimate of drug-likeness (QED) is 0.179. The molecule has 0 aliphatic carbocycles. The van der Waals surface area contributed by atoms with Crippen molar-refractivity contribution in [2.75, 3.05) is 19.7 Å². The van der Waals surface area contributed by atoms with Gasteiger partial charge in [-0.2, -0.15) is 0 Å². The SMILES string of the molecule is CCCCCCCCCCCC(=O)OC(CN(CCCO)S(=O)[O-])C1=CC(=O)OC1O. The first-order valence-electron chi connectivity index (χ1n) is 11.1. The van der Waals surface area contributed by atoms with Gasteiger partial charge in [-0.3, -0.25) is 9.00 Å². The molecule has 0 aromatic carbocycles. The van der Waals surface area contributed by atoms with Crippen molar-refractivity contribution in [2.45, 2.75) is 89.9 Å². The number of rotatable bonds is 18. The van der Waals surface area contributed by atoms with Crippen molar-refractivity contribution in [3.8, 4) is 0 Å². The van der Waals surface area contributed by atoms with Crippen LogP contribution in [-0.4, -0.2) is 67.3 Å². The van der Waals surface area contributed by atoms with Crippen LogP contribution in [0.2, 0.25) is 0 Å². The van der Waals surface area contributed by atoms with Crippen molar-refractivity contribution in [1.29, 1.82) is 0 Å². The van der Waals surface area contributed by atoms with Gasteiger partial charge >= 0.3 is 11.9 Å². The van der Waals surface area contributed by atoms with Crippen LogP contribution in [0.15, 0.2) is 11.6 Å². The molecule has 2 N–H and O–H groups in total. The minimum absolute atomic E-state index is 0.00452. The maximum absolute atomic E-state index is 12.3. The Morgan fingerprint density at radius 2 is 1.81 bits per heavy atom. The Hall–Kier alpha value is -1.33. The second kappa shape index (κ2) is 16.3. The molecule has 0 saturated carbocycles. The van der Waals surface area contributed by atoms with E-state index in [1.165, 1.54) is 32.1 Å². The van der Waals surface area contributed by atoms with Crippen LogP contribution in [0, 0.1) is 0 Å². The van der Waals surface area contributed by atoms with E-state index in [0.29, 0.717) is 6.42 Å². The van der Waals surface area contributed by atoms with Gasteiger partial charge in [-0.25, -0.2) is 9.10 Å². The van der Waals surface area contributed by atoms with Crippen LogP contribution >= 0.6 is 0 Å². The first-order valence-corrected chi connectivity index (χ1v) is 12.2. The number of carbonyl (C=O) groups is 2. The average Bonchev–Trinajstić information content (AvgIpc) is 3.06. The summed E-state index contributed by atoms with van der Waals surface area (Å²) in [6, 6.07) is 0. The molecular formula is C21H36NO8S-. The fraction of sp³-hybridized carbons (Fsp3) is 0.810. The molecule has 3 unspecified atom stereocenters. The zero-order valence-electron chi connectivity index (χ0n) is 18.3. The van der Waals surface area contributed by atoms with Crippen molar-refractivity contribution < 1.29 is 38.0 Å². The highest BCUT2D eigenvalue weighted by Crippen LogP contribution is 2.22. The number of ether oxygens (including phenoxy) is 2. The van der Waals surface area contributed by atoms with E-state index in [0.717, 1.165) is 29.6 Å². The lowest BCUT2D eigenvalue weighted by molar-refractivity contribution is -0.154. The molecule has 31 heavy (non-hydrogen) atoms. The predicted octanol–water partition coefficient (Wildman–Crippen LogP) is 2.10. The summed E-state index contributed by atoms with van der Waals surface area (Å²) in [5.74, 6) is -1.31. The lowest BCUT2D eigenvalue weighted by atomic mass is 10.1. The van der Waals surface area contributed by atoms with Crippen molar-refractivity contribution in [3.63, 3.8) is 0 Å². The number of aliphatic hydroxyl groups excluding tert-OH is 2. The molecule has 1 aliphatic rings. The number of aliphatic hydroxyl groups is 2. The van der Waals surface area contributed by atoms with Gasteiger partial charge in [0.2, 0.25) is 6.29 Å². The number of hydrogen-bond acceptors (Lipinski definition) is 8. The van der Waals surface area contributed by atoms with Gasteiger partial charge in [-0.1, -0.05) is 58.3 Å². The largest absolute Gasteiger partial charge is 0.760 e. The molecule has 0 saturated heterocycles. The van der Waals surface area contributed by atoms with E-state index in [1.54, 1.807) is 0 Å². The Labute approximate surface area is 187 Å². The van der Waals surface area contributed by atoms with Crippen LogP contribution in [0.5, 0.6) is 0 Å². The summed E-state index contributed by atoms with van der Waals surface area (Å²) in [7, 11) is 0. The maximum atomic E-state index is 12.3. The standard InChI is InChI=1S/C21H37NO8S/c1-2-3-4-5-6-7-8-9-10-12-19(24)29-18(17-15-20(25)30-21(17)26)16-22(31(27)28)13-11-14-23/h15,18,21,23,26H,2-14,16H2,1H3,(H,27,28)/p-1. The molecule has 10 heteroatoms. The lowest BCUT2D eigenvalue weighted by Crippen LogP contribution is -2.40. The van der Waals surface area contributed by atoms with Gasteiger partial charge in [0.1, 0.15) is 6.10 Å². The zero-order chi connectivity index (χ0) is 23.1. The molecule has 9 nitrogen and oxygen atoms in total. The maximum Gasteiger partial charge on any atom is 0.333 e. The van der Waals surface area contributed by atoms with Crippen LogP contribution in [-0.2, 0) is 30.3 Å². The van der Waals surface area contributed by atoms with Gasteiger partial charge < -0.3 is 24.2 Å². The smallest absolute Gasteiger partial charge is 0.333 e. The number of unbranched alkanes of at least 4 members (excludes halogenated alkanes) is 8. The van der Waals surface area contributed by atoms with E-state index in [1.807, 2.05) is 0 Å². The van der Waals surface area contributed by atoms with E-state index < -0.39 is 35.6 Å². The third-order valence-electron chi connectivity index (χ3n) is 5.07. The van der Waals surface area contributed by atoms with Gasteiger partial charge in [-0.15, -0.1) is 0 Å². The van der Waals surface area contributed by atoms with E-state index in [2.05, 4.69) is 11.7 Å². The summed E-state index contributed by atoms with van der Waals surface area (Å²) >= 11 is -2.63. The molecule has 1 heterocycles. The number of carbonyl (C=O) groups excluding carboxylic acids is 2. The molecule has 0 fully saturated rings. The van der Waals surface area contributed by atoms with Crippen LogP contribution in [0.3, 0.4) is 0 Å². The van der Waals surface area contributed by atoms with Crippen molar-refractivity contribution in [2.24, 2.45) is 0 Å². The normalized spacial score (nSPS) is 18.0. The summed E-state index contributed by atoms with van der Waals surface area (Å²) < 4.78 is 34.0. The summed E-state index contributed by atoms with van der Waals surface area (Å²) in [6.07, 6.45) is 8.56. The third-order valence-corrected chi connectivity index (χ3v) is 5.83. The van der Waals surface area contributed by atoms with Gasteiger partial charge in [0, 0.05) is 42.5 Å². The Bertz CT molecular complexity index is 598. The molecule has 0 radical (unpaired) electrons. The molecule has 0 bridgehead atoms. The van der Waals surface area contributed by atoms with Gasteiger partial charge in [0.25, 0.3) is 0 Å². The minimum Gasteiger partial charge on any atom is -0.760 e. The lowest BCUT2D eigenvalue weighted by Gasteiger charge is -2.29. The highest BCUT2D eigenvalue weighted by molar-refractivity contribution is 7.76. The Balaban J connectivity index is 2.51. The summed E-state index contributed by atoms with van der Waals surface area (Å²) in [5.41, 5.74) is 0.00452. The average molecular weight is 463 g/mol. The van der Waals surface area contributed by atoms with Crippen molar-refractivity contribution in [3.05, 3.63) is 11.6 Å². The summed E-state index contributed by atoms with van der Waals surface area (Å²) in [5, 5.41) is 18.9. The Kier molecular flexibility index (Phi) is 14.6. The van der Waals surface area contributed by atoms with E-state index in [4.69, 9.17) is 9.84 Å². The molecule has 0 amide bonds. The number of nitrogens with zero attached hydrogens (tertiary/aromatic N) is 1. The highest BCUT2D eigenvalue weighted by Gasteiger charge is 2.34. The fourth-order valence-electron chi connectivity index (χ4n) is 3.34. The highest BCUT2D eigenvalue weighted by atomic mass is 32.2. The van der Waals surface area contributed by atoms with Crippen molar-refractivity contribution in [1.82, 2.24) is 4.31 Å². The molecular weight excluding hydrogens is 426 g/mol. The van der Waals surface area contributed by atoms with Crippen LogP contribution in [0.4, 0.5) is 0 Å².